The van der Waals surface area contributed by atoms with Crippen LogP contribution in [0.1, 0.15) is 35.0 Å². The van der Waals surface area contributed by atoms with E-state index >= 15 is 0 Å². The number of nitrogens with zero attached hydrogens (tertiary/aromatic N) is 3. The van der Waals surface area contributed by atoms with Gasteiger partial charge >= 0.3 is 0 Å². The van der Waals surface area contributed by atoms with E-state index in [2.05, 4.69) is 22.5 Å². The molecule has 4 rings (SSSR count). The molecule has 1 unspecified atom stereocenters. The van der Waals surface area contributed by atoms with Crippen molar-refractivity contribution in [2.45, 2.75) is 32.2 Å². The van der Waals surface area contributed by atoms with Crippen molar-refractivity contribution in [1.29, 1.82) is 0 Å². The smallest absolute Gasteiger partial charge is 0.229 e. The zero-order chi connectivity index (χ0) is 15.8. The van der Waals surface area contributed by atoms with Crippen LogP contribution in [0.5, 0.6) is 0 Å². The van der Waals surface area contributed by atoms with Crippen LogP contribution in [0, 0.1) is 6.92 Å². The average Bonchev–Trinajstić information content (AvgIpc) is 3.27. The van der Waals surface area contributed by atoms with Gasteiger partial charge in [0.15, 0.2) is 0 Å². The van der Waals surface area contributed by atoms with Crippen molar-refractivity contribution in [3.63, 3.8) is 0 Å². The van der Waals surface area contributed by atoms with E-state index in [0.717, 1.165) is 36.3 Å². The van der Waals surface area contributed by atoms with E-state index in [9.17, 15) is 4.79 Å². The maximum absolute atomic E-state index is 12.8. The normalized spacial score (nSPS) is 18.0. The summed E-state index contributed by atoms with van der Waals surface area (Å²) in [5, 5.41) is 2.08. The lowest BCUT2D eigenvalue weighted by Crippen LogP contribution is -2.31. The highest BCUT2D eigenvalue weighted by Crippen LogP contribution is 2.34. The maximum Gasteiger partial charge on any atom is 0.229 e. The number of carbonyl (C=O) groups excluding carboxylic acids is 1. The molecule has 1 aliphatic rings. The number of hydrogen-bond donors (Lipinski definition) is 0. The summed E-state index contributed by atoms with van der Waals surface area (Å²) in [6.45, 7) is 2.90. The largest absolute Gasteiger partial charge is 0.335 e. The van der Waals surface area contributed by atoms with Crippen LogP contribution in [0.4, 0.5) is 0 Å². The number of aryl methyl sites for hydroxylation is 1. The number of hydrogen-bond acceptors (Lipinski definition) is 3. The maximum atomic E-state index is 12.8. The lowest BCUT2D eigenvalue weighted by atomic mass is 10.2. The Labute approximate surface area is 139 Å². The first-order chi connectivity index (χ1) is 11.2. The highest BCUT2D eigenvalue weighted by Gasteiger charge is 2.30. The Kier molecular flexibility index (Phi) is 3.65. The fourth-order valence-corrected chi connectivity index (χ4v) is 4.26. The van der Waals surface area contributed by atoms with Gasteiger partial charge in [0.25, 0.3) is 0 Å². The summed E-state index contributed by atoms with van der Waals surface area (Å²) >= 11 is 1.74. The van der Waals surface area contributed by atoms with E-state index in [1.807, 2.05) is 40.8 Å². The van der Waals surface area contributed by atoms with Crippen LogP contribution in [0.3, 0.4) is 0 Å². The SMILES string of the molecule is Cc1cccn2cc(CC(=O)N3CCCC3c3cccs3)nc12. The lowest BCUT2D eigenvalue weighted by molar-refractivity contribution is -0.131. The quantitative estimate of drug-likeness (QED) is 0.738. The molecule has 1 fully saturated rings. The number of likely N-dealkylation sites (tertiary alicyclic amines) is 1. The van der Waals surface area contributed by atoms with Gasteiger partial charge in [-0.05, 0) is 42.8 Å². The molecule has 1 atom stereocenters. The van der Waals surface area contributed by atoms with Gasteiger partial charge in [-0.25, -0.2) is 4.98 Å². The molecule has 0 bridgehead atoms. The second-order valence-corrected chi connectivity index (χ2v) is 7.07. The molecule has 0 saturated carbocycles. The number of rotatable bonds is 3. The fraction of sp³-hybridized carbons (Fsp3) is 0.333. The van der Waals surface area contributed by atoms with E-state index in [1.165, 1.54) is 4.88 Å². The van der Waals surface area contributed by atoms with Gasteiger partial charge in [0.1, 0.15) is 5.65 Å². The summed E-state index contributed by atoms with van der Waals surface area (Å²) in [5.41, 5.74) is 2.91. The summed E-state index contributed by atoms with van der Waals surface area (Å²) in [6.07, 6.45) is 6.47. The second kappa shape index (κ2) is 5.81. The monoisotopic (exact) mass is 325 g/mol. The molecule has 1 amide bonds. The molecule has 23 heavy (non-hydrogen) atoms. The molecule has 1 saturated heterocycles. The molecule has 118 valence electrons. The van der Waals surface area contributed by atoms with Gasteiger partial charge in [-0.15, -0.1) is 11.3 Å². The Morgan fingerprint density at radius 1 is 1.39 bits per heavy atom. The molecule has 4 heterocycles. The van der Waals surface area contributed by atoms with Gasteiger partial charge in [0, 0.05) is 23.8 Å². The molecule has 0 N–H and O–H groups in total. The van der Waals surface area contributed by atoms with E-state index < -0.39 is 0 Å². The van der Waals surface area contributed by atoms with Gasteiger partial charge in [-0.1, -0.05) is 12.1 Å². The lowest BCUT2D eigenvalue weighted by Gasteiger charge is -2.23. The van der Waals surface area contributed by atoms with Gasteiger partial charge < -0.3 is 9.30 Å². The number of amides is 1. The van der Waals surface area contributed by atoms with Crippen LogP contribution < -0.4 is 0 Å². The third kappa shape index (κ3) is 2.65. The highest BCUT2D eigenvalue weighted by molar-refractivity contribution is 7.10. The van der Waals surface area contributed by atoms with Crippen LogP contribution in [-0.2, 0) is 11.2 Å². The molecule has 1 aliphatic heterocycles. The first-order valence-corrected chi connectivity index (χ1v) is 8.86. The zero-order valence-electron chi connectivity index (χ0n) is 13.1. The van der Waals surface area contributed by atoms with Crippen molar-refractivity contribution in [3.05, 3.63) is 58.2 Å². The number of carbonyl (C=O) groups is 1. The molecule has 3 aromatic heterocycles. The zero-order valence-corrected chi connectivity index (χ0v) is 13.9. The molecule has 0 aliphatic carbocycles. The molecule has 0 radical (unpaired) electrons. The van der Waals surface area contributed by atoms with Crippen molar-refractivity contribution in [1.82, 2.24) is 14.3 Å². The molecule has 5 heteroatoms. The summed E-state index contributed by atoms with van der Waals surface area (Å²) in [4.78, 5) is 20.7. The molecular formula is C18H19N3OS. The fourth-order valence-electron chi connectivity index (χ4n) is 3.39. The summed E-state index contributed by atoms with van der Waals surface area (Å²) in [6, 6.07) is 8.49. The first kappa shape index (κ1) is 14.5. The van der Waals surface area contributed by atoms with E-state index in [-0.39, 0.29) is 11.9 Å². The third-order valence-electron chi connectivity index (χ3n) is 4.50. The number of fused-ring (bicyclic) bond motifs is 1. The Morgan fingerprint density at radius 2 is 2.30 bits per heavy atom. The summed E-state index contributed by atoms with van der Waals surface area (Å²) in [5.74, 6) is 0.182. The van der Waals surface area contributed by atoms with E-state index in [4.69, 9.17) is 0 Å². The van der Waals surface area contributed by atoms with Crippen molar-refractivity contribution < 1.29 is 4.79 Å². The van der Waals surface area contributed by atoms with Crippen molar-refractivity contribution in [2.24, 2.45) is 0 Å². The molecule has 3 aromatic rings. The topological polar surface area (TPSA) is 37.6 Å². The van der Waals surface area contributed by atoms with Gasteiger partial charge in [-0.2, -0.15) is 0 Å². The number of imidazole rings is 1. The standard InChI is InChI=1S/C18H19N3OS/c1-13-5-2-8-20-12-14(19-18(13)20)11-17(22)21-9-3-6-15(21)16-7-4-10-23-16/h2,4-5,7-8,10,12,15H,3,6,9,11H2,1H3. The average molecular weight is 325 g/mol. The highest BCUT2D eigenvalue weighted by atomic mass is 32.1. The Bertz CT molecular complexity index is 837. The number of thiophene rings is 1. The van der Waals surface area contributed by atoms with Crippen molar-refractivity contribution in [3.8, 4) is 0 Å². The van der Waals surface area contributed by atoms with E-state index in [1.54, 1.807) is 11.3 Å². The minimum Gasteiger partial charge on any atom is -0.335 e. The third-order valence-corrected chi connectivity index (χ3v) is 5.48. The van der Waals surface area contributed by atoms with E-state index in [0.29, 0.717) is 6.42 Å². The molecule has 0 spiro atoms. The van der Waals surface area contributed by atoms with Crippen LogP contribution in [0.15, 0.2) is 42.0 Å². The molecule has 4 nitrogen and oxygen atoms in total. The minimum absolute atomic E-state index is 0.182. The molecule has 0 aromatic carbocycles. The van der Waals surface area contributed by atoms with Crippen LogP contribution in [-0.4, -0.2) is 26.7 Å². The second-order valence-electron chi connectivity index (χ2n) is 6.09. The van der Waals surface area contributed by atoms with Crippen molar-refractivity contribution >= 4 is 22.9 Å². The predicted molar refractivity (Wildman–Crippen MR) is 91.6 cm³/mol. The van der Waals surface area contributed by atoms with Gasteiger partial charge in [0.2, 0.25) is 5.91 Å². The molecular weight excluding hydrogens is 306 g/mol. The minimum atomic E-state index is 0.182. The Hall–Kier alpha value is -2.14. The first-order valence-electron chi connectivity index (χ1n) is 7.98. The Balaban J connectivity index is 1.55. The van der Waals surface area contributed by atoms with Gasteiger partial charge in [0.05, 0.1) is 18.2 Å². The van der Waals surface area contributed by atoms with Gasteiger partial charge in [-0.3, -0.25) is 4.79 Å². The van der Waals surface area contributed by atoms with Crippen molar-refractivity contribution in [2.75, 3.05) is 6.54 Å². The summed E-state index contributed by atoms with van der Waals surface area (Å²) < 4.78 is 2.00. The van der Waals surface area contributed by atoms with Crippen LogP contribution in [0.2, 0.25) is 0 Å². The number of pyridine rings is 1. The number of aromatic nitrogens is 2. The van der Waals surface area contributed by atoms with Crippen LogP contribution in [0.25, 0.3) is 5.65 Å². The Morgan fingerprint density at radius 3 is 3.09 bits per heavy atom. The van der Waals surface area contributed by atoms with Crippen LogP contribution >= 0.6 is 11.3 Å². The summed E-state index contributed by atoms with van der Waals surface area (Å²) in [7, 11) is 0. The predicted octanol–water partition coefficient (Wildman–Crippen LogP) is 3.61.